The Morgan fingerprint density at radius 3 is 2.69 bits per heavy atom. The number of nitrogens with zero attached hydrogens (tertiary/aromatic N) is 1. The molecule has 2 aromatic rings. The Bertz CT molecular complexity index is 961. The minimum atomic E-state index is -3.36. The number of benzene rings is 2. The number of hydrogen-bond acceptors (Lipinski definition) is 3. The first-order valence-electron chi connectivity index (χ1n) is 8.21. The quantitative estimate of drug-likeness (QED) is 0.811. The maximum Gasteiger partial charge on any atom is 0.257 e. The fraction of sp³-hybridized carbons (Fsp3) is 0.278. The summed E-state index contributed by atoms with van der Waals surface area (Å²) in [7, 11) is -3.36. The number of amides is 1. The van der Waals surface area contributed by atoms with Gasteiger partial charge < -0.3 is 5.32 Å². The van der Waals surface area contributed by atoms with E-state index in [1.807, 2.05) is 6.07 Å². The van der Waals surface area contributed by atoms with Crippen LogP contribution in [0.15, 0.2) is 36.4 Å². The van der Waals surface area contributed by atoms with E-state index in [1.165, 1.54) is 10.4 Å². The molecule has 0 aromatic heterocycles. The maximum atomic E-state index is 12.5. The molecule has 0 fully saturated rings. The van der Waals surface area contributed by atoms with E-state index in [0.717, 1.165) is 18.4 Å². The van der Waals surface area contributed by atoms with Crippen LogP contribution in [0.25, 0.3) is 0 Å². The zero-order valence-electron chi connectivity index (χ0n) is 14.1. The van der Waals surface area contributed by atoms with Crippen molar-refractivity contribution >= 4 is 50.5 Å². The molecule has 8 heteroatoms. The minimum Gasteiger partial charge on any atom is -0.322 e. The highest BCUT2D eigenvalue weighted by atomic mass is 35.5. The lowest BCUT2D eigenvalue weighted by Gasteiger charge is -2.30. The van der Waals surface area contributed by atoms with Crippen LogP contribution >= 0.6 is 23.2 Å². The van der Waals surface area contributed by atoms with Gasteiger partial charge in [0.25, 0.3) is 5.91 Å². The summed E-state index contributed by atoms with van der Waals surface area (Å²) >= 11 is 12.0. The third-order valence-corrected chi connectivity index (χ3v) is 6.64. The lowest BCUT2D eigenvalue weighted by atomic mass is 10.0. The summed E-state index contributed by atoms with van der Waals surface area (Å²) in [4.78, 5) is 12.5. The second kappa shape index (κ2) is 7.47. The van der Waals surface area contributed by atoms with E-state index in [-0.39, 0.29) is 11.3 Å². The number of aryl methyl sites for hydroxylation is 1. The van der Waals surface area contributed by atoms with Crippen LogP contribution in [0.4, 0.5) is 11.4 Å². The summed E-state index contributed by atoms with van der Waals surface area (Å²) in [6.45, 7) is 2.07. The predicted molar refractivity (Wildman–Crippen MR) is 106 cm³/mol. The van der Waals surface area contributed by atoms with Crippen molar-refractivity contribution in [2.45, 2.75) is 19.8 Å². The van der Waals surface area contributed by atoms with E-state index in [2.05, 4.69) is 5.32 Å². The number of sulfonamides is 1. The Labute approximate surface area is 163 Å². The van der Waals surface area contributed by atoms with Crippen molar-refractivity contribution in [1.29, 1.82) is 0 Å². The topological polar surface area (TPSA) is 66.5 Å². The van der Waals surface area contributed by atoms with Crippen molar-refractivity contribution in [1.82, 2.24) is 0 Å². The molecule has 1 amide bonds. The van der Waals surface area contributed by atoms with Gasteiger partial charge in [0.2, 0.25) is 10.0 Å². The van der Waals surface area contributed by atoms with Gasteiger partial charge in [-0.1, -0.05) is 29.3 Å². The van der Waals surface area contributed by atoms with Gasteiger partial charge in [0.15, 0.2) is 0 Å². The molecule has 1 N–H and O–H groups in total. The molecule has 0 bridgehead atoms. The summed E-state index contributed by atoms with van der Waals surface area (Å²) in [6.07, 6.45) is 1.58. The van der Waals surface area contributed by atoms with Crippen molar-refractivity contribution in [3.05, 3.63) is 57.6 Å². The van der Waals surface area contributed by atoms with Crippen LogP contribution in [-0.4, -0.2) is 26.6 Å². The van der Waals surface area contributed by atoms with Crippen molar-refractivity contribution in [3.63, 3.8) is 0 Å². The van der Waals surface area contributed by atoms with Crippen LogP contribution < -0.4 is 9.62 Å². The second-order valence-electron chi connectivity index (χ2n) is 6.00. The lowest BCUT2D eigenvalue weighted by Crippen LogP contribution is -2.36. The Morgan fingerprint density at radius 1 is 1.19 bits per heavy atom. The van der Waals surface area contributed by atoms with E-state index >= 15 is 0 Å². The van der Waals surface area contributed by atoms with Gasteiger partial charge in [-0.3, -0.25) is 9.10 Å². The first kappa shape index (κ1) is 19.0. The van der Waals surface area contributed by atoms with Crippen LogP contribution in [-0.2, 0) is 16.4 Å². The van der Waals surface area contributed by atoms with Gasteiger partial charge in [-0.2, -0.15) is 0 Å². The van der Waals surface area contributed by atoms with Gasteiger partial charge in [0, 0.05) is 17.3 Å². The zero-order chi connectivity index (χ0) is 18.9. The Balaban J connectivity index is 1.92. The molecular weight excluding hydrogens is 395 g/mol. The number of carbonyl (C=O) groups is 1. The number of halogens is 2. The average molecular weight is 413 g/mol. The van der Waals surface area contributed by atoms with Crippen LogP contribution in [0.2, 0.25) is 10.0 Å². The molecule has 1 heterocycles. The summed E-state index contributed by atoms with van der Waals surface area (Å²) in [5, 5.41) is 3.46. The predicted octanol–water partition coefficient (Wildman–Crippen LogP) is 4.35. The van der Waals surface area contributed by atoms with Gasteiger partial charge in [-0.15, -0.1) is 0 Å². The molecular formula is C18H18Cl2N2O3S. The minimum absolute atomic E-state index is 0.0289. The summed E-state index contributed by atoms with van der Waals surface area (Å²) < 4.78 is 26.1. The first-order valence-corrected chi connectivity index (χ1v) is 10.6. The van der Waals surface area contributed by atoms with Crippen LogP contribution in [0, 0.1) is 0 Å². The number of rotatable bonds is 4. The van der Waals surface area contributed by atoms with E-state index in [1.54, 1.807) is 31.2 Å². The molecule has 1 aliphatic heterocycles. The van der Waals surface area contributed by atoms with Crippen LogP contribution in [0.3, 0.4) is 0 Å². The number of nitrogens with one attached hydrogen (secondary N) is 1. The van der Waals surface area contributed by atoms with Gasteiger partial charge in [-0.05, 0) is 55.7 Å². The maximum absolute atomic E-state index is 12.5. The van der Waals surface area contributed by atoms with Gasteiger partial charge in [0.05, 0.1) is 22.0 Å². The van der Waals surface area contributed by atoms with Gasteiger partial charge in [0.1, 0.15) is 0 Å². The fourth-order valence-corrected chi connectivity index (χ4v) is 4.50. The summed E-state index contributed by atoms with van der Waals surface area (Å²) in [6, 6.07) is 9.96. The molecule has 1 aliphatic rings. The van der Waals surface area contributed by atoms with E-state index in [9.17, 15) is 13.2 Å². The van der Waals surface area contributed by atoms with Crippen molar-refractivity contribution in [2.75, 3.05) is 21.9 Å². The lowest BCUT2D eigenvalue weighted by molar-refractivity contribution is 0.102. The fourth-order valence-electron chi connectivity index (χ4n) is 2.93. The molecule has 5 nitrogen and oxygen atoms in total. The largest absolute Gasteiger partial charge is 0.322 e. The standard InChI is InChI=1S/C18H18Cl2N2O3S/c1-2-26(24,25)22-9-3-4-12-5-7-14(11-17(12)22)21-18(23)15-10-13(19)6-8-16(15)20/h5-8,10-11H,2-4,9H2,1H3,(H,21,23). The molecule has 0 radical (unpaired) electrons. The van der Waals surface area contributed by atoms with Crippen molar-refractivity contribution in [3.8, 4) is 0 Å². The molecule has 0 spiro atoms. The molecule has 0 saturated carbocycles. The zero-order valence-corrected chi connectivity index (χ0v) is 16.5. The Hall–Kier alpha value is -1.76. The van der Waals surface area contributed by atoms with Crippen molar-refractivity contribution < 1.29 is 13.2 Å². The molecule has 26 heavy (non-hydrogen) atoms. The third-order valence-electron chi connectivity index (χ3n) is 4.29. The van der Waals surface area contributed by atoms with E-state index in [0.29, 0.717) is 28.0 Å². The SMILES string of the molecule is CCS(=O)(=O)N1CCCc2ccc(NC(=O)c3cc(Cl)ccc3Cl)cc21. The normalized spacial score (nSPS) is 14.0. The smallest absolute Gasteiger partial charge is 0.257 e. The molecule has 0 saturated heterocycles. The van der Waals surface area contributed by atoms with E-state index < -0.39 is 15.9 Å². The Morgan fingerprint density at radius 2 is 1.96 bits per heavy atom. The van der Waals surface area contributed by atoms with Gasteiger partial charge in [-0.25, -0.2) is 8.42 Å². The summed E-state index contributed by atoms with van der Waals surface area (Å²) in [5.41, 5.74) is 2.33. The van der Waals surface area contributed by atoms with Crippen LogP contribution in [0.5, 0.6) is 0 Å². The number of fused-ring (bicyclic) bond motifs is 1. The highest BCUT2D eigenvalue weighted by Crippen LogP contribution is 2.32. The number of hydrogen-bond donors (Lipinski definition) is 1. The molecule has 0 atom stereocenters. The van der Waals surface area contributed by atoms with E-state index in [4.69, 9.17) is 23.2 Å². The highest BCUT2D eigenvalue weighted by molar-refractivity contribution is 7.92. The molecule has 2 aromatic carbocycles. The molecule has 138 valence electrons. The monoisotopic (exact) mass is 412 g/mol. The van der Waals surface area contributed by atoms with Gasteiger partial charge >= 0.3 is 0 Å². The number of anilines is 2. The van der Waals surface area contributed by atoms with Crippen molar-refractivity contribution in [2.24, 2.45) is 0 Å². The summed E-state index contributed by atoms with van der Waals surface area (Å²) in [5.74, 6) is -0.376. The molecule has 0 aliphatic carbocycles. The molecule has 0 unspecified atom stereocenters. The average Bonchev–Trinajstić information content (AvgIpc) is 2.63. The number of carbonyl (C=O) groups excluding carboxylic acids is 1. The first-order chi connectivity index (χ1) is 12.3. The Kier molecular flexibility index (Phi) is 5.46. The third kappa shape index (κ3) is 3.82. The highest BCUT2D eigenvalue weighted by Gasteiger charge is 2.26. The van der Waals surface area contributed by atoms with Crippen LogP contribution in [0.1, 0.15) is 29.3 Å². The molecule has 3 rings (SSSR count). The second-order valence-corrected chi connectivity index (χ2v) is 9.02.